The summed E-state index contributed by atoms with van der Waals surface area (Å²) < 4.78 is 65.0. The van der Waals surface area contributed by atoms with E-state index in [9.17, 15) is 22.0 Å². The van der Waals surface area contributed by atoms with E-state index in [1.807, 2.05) is 6.92 Å². The minimum atomic E-state index is -2.17. The third-order valence-electron chi connectivity index (χ3n) is 2.38. The van der Waals surface area contributed by atoms with Crippen molar-refractivity contribution in [1.29, 1.82) is 0 Å². The SMILES string of the molecule is CCCCC(C)=Nc1c(F)c(F)c(F)c(F)c1F. The molecule has 1 rings (SSSR count). The van der Waals surface area contributed by atoms with Crippen LogP contribution in [0.5, 0.6) is 0 Å². The van der Waals surface area contributed by atoms with Crippen molar-refractivity contribution < 1.29 is 22.0 Å². The summed E-state index contributed by atoms with van der Waals surface area (Å²) in [4.78, 5) is 3.48. The maximum Gasteiger partial charge on any atom is 0.200 e. The Morgan fingerprint density at radius 3 is 1.78 bits per heavy atom. The standard InChI is InChI=1S/C12H12F5N/c1-3-4-5-6(2)18-12-10(16)8(14)7(13)9(15)11(12)17/h3-5H2,1-2H3. The van der Waals surface area contributed by atoms with Crippen LogP contribution in [0.25, 0.3) is 0 Å². The molecule has 1 aromatic carbocycles. The first kappa shape index (κ1) is 14.6. The molecule has 0 N–H and O–H groups in total. The second-order valence-corrected chi connectivity index (χ2v) is 3.87. The van der Waals surface area contributed by atoms with Crippen LogP contribution in [0.4, 0.5) is 27.6 Å². The van der Waals surface area contributed by atoms with Gasteiger partial charge in [-0.1, -0.05) is 13.3 Å². The maximum absolute atomic E-state index is 13.3. The van der Waals surface area contributed by atoms with Gasteiger partial charge in [0.05, 0.1) is 0 Å². The summed E-state index contributed by atoms with van der Waals surface area (Å²) in [5, 5.41) is 0. The van der Waals surface area contributed by atoms with Crippen LogP contribution in [-0.4, -0.2) is 5.71 Å². The first-order valence-corrected chi connectivity index (χ1v) is 5.45. The molecule has 0 aliphatic carbocycles. The van der Waals surface area contributed by atoms with Crippen molar-refractivity contribution in [3.8, 4) is 0 Å². The van der Waals surface area contributed by atoms with Gasteiger partial charge in [0.1, 0.15) is 5.69 Å². The molecule has 0 saturated carbocycles. The van der Waals surface area contributed by atoms with E-state index in [1.165, 1.54) is 6.92 Å². The van der Waals surface area contributed by atoms with Gasteiger partial charge in [-0.15, -0.1) is 0 Å². The Balaban J connectivity index is 3.25. The van der Waals surface area contributed by atoms with Crippen molar-refractivity contribution in [1.82, 2.24) is 0 Å². The van der Waals surface area contributed by atoms with Crippen molar-refractivity contribution in [2.45, 2.75) is 33.1 Å². The first-order valence-electron chi connectivity index (χ1n) is 5.45. The molecule has 0 fully saturated rings. The lowest BCUT2D eigenvalue weighted by Gasteiger charge is -2.05. The molecule has 0 heterocycles. The summed E-state index contributed by atoms with van der Waals surface area (Å²) in [5.41, 5.74) is -0.805. The van der Waals surface area contributed by atoms with Crippen molar-refractivity contribution in [3.63, 3.8) is 0 Å². The van der Waals surface area contributed by atoms with E-state index in [0.29, 0.717) is 12.1 Å². The Kier molecular flexibility index (Phi) is 4.81. The average Bonchev–Trinajstić information content (AvgIpc) is 2.36. The molecule has 1 nitrogen and oxygen atoms in total. The highest BCUT2D eigenvalue weighted by Crippen LogP contribution is 2.29. The van der Waals surface area contributed by atoms with Crippen LogP contribution >= 0.6 is 0 Å². The molecular formula is C12H12F5N. The van der Waals surface area contributed by atoms with Crippen molar-refractivity contribution in [2.24, 2.45) is 4.99 Å². The number of nitrogens with zero attached hydrogens (tertiary/aromatic N) is 1. The minimum Gasteiger partial charge on any atom is -0.252 e. The summed E-state index contributed by atoms with van der Waals surface area (Å²) >= 11 is 0. The third kappa shape index (κ3) is 2.86. The molecule has 0 aromatic heterocycles. The lowest BCUT2D eigenvalue weighted by molar-refractivity contribution is 0.381. The van der Waals surface area contributed by atoms with Gasteiger partial charge in [0.25, 0.3) is 0 Å². The molecule has 0 aliphatic rings. The molecule has 0 amide bonds. The molecule has 0 spiro atoms. The molecule has 0 radical (unpaired) electrons. The highest BCUT2D eigenvalue weighted by Gasteiger charge is 2.25. The Hall–Kier alpha value is -1.46. The van der Waals surface area contributed by atoms with Crippen molar-refractivity contribution >= 4 is 11.4 Å². The fourth-order valence-electron chi connectivity index (χ4n) is 1.37. The van der Waals surface area contributed by atoms with Crippen LogP contribution in [0.3, 0.4) is 0 Å². The number of aliphatic imine (C=N–C) groups is 1. The highest BCUT2D eigenvalue weighted by atomic mass is 19.2. The number of hydrogen-bond acceptors (Lipinski definition) is 1. The number of benzene rings is 1. The quantitative estimate of drug-likeness (QED) is 0.325. The molecule has 0 atom stereocenters. The monoisotopic (exact) mass is 265 g/mol. The third-order valence-corrected chi connectivity index (χ3v) is 2.38. The van der Waals surface area contributed by atoms with Gasteiger partial charge >= 0.3 is 0 Å². The number of rotatable bonds is 4. The average molecular weight is 265 g/mol. The summed E-state index contributed by atoms with van der Waals surface area (Å²) in [7, 11) is 0. The van der Waals surface area contributed by atoms with Crippen molar-refractivity contribution in [2.75, 3.05) is 0 Å². The lowest BCUT2D eigenvalue weighted by Crippen LogP contribution is -2.02. The van der Waals surface area contributed by atoms with Crippen LogP contribution in [-0.2, 0) is 0 Å². The van der Waals surface area contributed by atoms with E-state index in [1.54, 1.807) is 0 Å². The summed E-state index contributed by atoms with van der Waals surface area (Å²) in [5.74, 6) is -9.92. The zero-order chi connectivity index (χ0) is 13.9. The topological polar surface area (TPSA) is 12.4 Å². The highest BCUT2D eigenvalue weighted by molar-refractivity contribution is 5.84. The molecule has 100 valence electrons. The normalized spacial score (nSPS) is 12.1. The number of unbranched alkanes of at least 4 members (excludes halogenated alkanes) is 1. The van der Waals surface area contributed by atoms with Crippen LogP contribution < -0.4 is 0 Å². The fraction of sp³-hybridized carbons (Fsp3) is 0.417. The van der Waals surface area contributed by atoms with E-state index in [2.05, 4.69) is 4.99 Å². The second kappa shape index (κ2) is 5.93. The van der Waals surface area contributed by atoms with E-state index in [-0.39, 0.29) is 0 Å². The van der Waals surface area contributed by atoms with Crippen LogP contribution in [0.2, 0.25) is 0 Å². The zero-order valence-electron chi connectivity index (χ0n) is 9.96. The Labute approximate surface area is 101 Å². The first-order chi connectivity index (χ1) is 8.40. The van der Waals surface area contributed by atoms with Gasteiger partial charge in [-0.3, -0.25) is 4.99 Å². The van der Waals surface area contributed by atoms with E-state index < -0.39 is 34.8 Å². The van der Waals surface area contributed by atoms with Crippen LogP contribution in [0, 0.1) is 29.1 Å². The summed E-state index contributed by atoms with van der Waals surface area (Å²) in [6.07, 6.45) is 2.00. The Morgan fingerprint density at radius 2 is 1.33 bits per heavy atom. The van der Waals surface area contributed by atoms with Gasteiger partial charge in [0, 0.05) is 5.71 Å². The maximum atomic E-state index is 13.3. The predicted octanol–water partition coefficient (Wildman–Crippen LogP) is 4.66. The van der Waals surface area contributed by atoms with Crippen molar-refractivity contribution in [3.05, 3.63) is 29.1 Å². The van der Waals surface area contributed by atoms with Gasteiger partial charge in [0.15, 0.2) is 23.3 Å². The molecule has 0 unspecified atom stereocenters. The summed E-state index contributed by atoms with van der Waals surface area (Å²) in [6.45, 7) is 3.39. The van der Waals surface area contributed by atoms with Crippen LogP contribution in [0.1, 0.15) is 33.1 Å². The molecule has 1 aromatic rings. The predicted molar refractivity (Wildman–Crippen MR) is 58.5 cm³/mol. The Bertz CT molecular complexity index is 453. The second-order valence-electron chi connectivity index (χ2n) is 3.87. The minimum absolute atomic E-state index is 0.319. The molecule has 18 heavy (non-hydrogen) atoms. The molecule has 0 bridgehead atoms. The largest absolute Gasteiger partial charge is 0.252 e. The zero-order valence-corrected chi connectivity index (χ0v) is 9.96. The number of hydrogen-bond donors (Lipinski definition) is 0. The van der Waals surface area contributed by atoms with Crippen LogP contribution in [0.15, 0.2) is 4.99 Å². The molecule has 6 heteroatoms. The molecule has 0 aliphatic heterocycles. The van der Waals surface area contributed by atoms with Gasteiger partial charge < -0.3 is 0 Å². The Morgan fingerprint density at radius 1 is 0.889 bits per heavy atom. The van der Waals surface area contributed by atoms with Gasteiger partial charge in [-0.2, -0.15) is 0 Å². The summed E-state index contributed by atoms with van der Waals surface area (Å²) in [6, 6.07) is 0. The molecule has 0 saturated heterocycles. The van der Waals surface area contributed by atoms with Gasteiger partial charge in [-0.05, 0) is 19.8 Å². The van der Waals surface area contributed by atoms with E-state index in [0.717, 1.165) is 12.8 Å². The fourth-order valence-corrected chi connectivity index (χ4v) is 1.37. The van der Waals surface area contributed by atoms with E-state index >= 15 is 0 Å². The van der Waals surface area contributed by atoms with E-state index in [4.69, 9.17) is 0 Å². The lowest BCUT2D eigenvalue weighted by atomic mass is 10.2. The smallest absolute Gasteiger partial charge is 0.200 e. The molecular weight excluding hydrogens is 253 g/mol. The van der Waals surface area contributed by atoms with Gasteiger partial charge in [0.2, 0.25) is 5.82 Å². The number of halogens is 5. The van der Waals surface area contributed by atoms with Gasteiger partial charge in [-0.25, -0.2) is 22.0 Å².